The Balaban J connectivity index is 2.18. The van der Waals surface area contributed by atoms with Gasteiger partial charge in [-0.25, -0.2) is 8.42 Å². The maximum absolute atomic E-state index is 13.0. The van der Waals surface area contributed by atoms with Crippen LogP contribution in [0.3, 0.4) is 0 Å². The van der Waals surface area contributed by atoms with Gasteiger partial charge in [0, 0.05) is 19.1 Å². The molecule has 6 nitrogen and oxygen atoms in total. The van der Waals surface area contributed by atoms with Crippen LogP contribution in [-0.2, 0) is 21.4 Å². The van der Waals surface area contributed by atoms with Gasteiger partial charge in [-0.15, -0.1) is 0 Å². The third-order valence-corrected chi connectivity index (χ3v) is 6.24. The Morgan fingerprint density at radius 2 is 1.57 bits per heavy atom. The molecule has 0 saturated heterocycles. The summed E-state index contributed by atoms with van der Waals surface area (Å²) in [5.74, 6) is 0.315. The molecule has 0 aliphatic heterocycles. The first kappa shape index (κ1) is 21.9. The van der Waals surface area contributed by atoms with Crippen LogP contribution in [0, 0.1) is 0 Å². The molecule has 152 valence electrons. The number of amides is 1. The molecule has 7 heteroatoms. The van der Waals surface area contributed by atoms with Crippen LogP contribution in [0.1, 0.15) is 26.3 Å². The van der Waals surface area contributed by atoms with Gasteiger partial charge in [0.1, 0.15) is 5.75 Å². The maximum Gasteiger partial charge on any atom is 0.243 e. The Morgan fingerprint density at radius 1 is 1.00 bits per heavy atom. The first-order valence-corrected chi connectivity index (χ1v) is 10.4. The molecule has 0 radical (unpaired) electrons. The van der Waals surface area contributed by atoms with E-state index in [2.05, 4.69) is 0 Å². The van der Waals surface area contributed by atoms with Crippen LogP contribution in [-0.4, -0.2) is 49.8 Å². The number of likely N-dealkylation sites (N-methyl/N-ethyl adjacent to an activating group) is 1. The zero-order valence-corrected chi connectivity index (χ0v) is 17.9. The van der Waals surface area contributed by atoms with Crippen molar-refractivity contribution in [3.05, 3.63) is 60.2 Å². The number of carbonyl (C=O) groups excluding carboxylic acids is 1. The quantitative estimate of drug-likeness (QED) is 0.711. The van der Waals surface area contributed by atoms with Gasteiger partial charge in [0.05, 0.1) is 18.6 Å². The summed E-state index contributed by atoms with van der Waals surface area (Å²) in [6.45, 7) is 5.99. The van der Waals surface area contributed by atoms with Gasteiger partial charge >= 0.3 is 0 Å². The summed E-state index contributed by atoms with van der Waals surface area (Å²) in [6, 6.07) is 15.8. The van der Waals surface area contributed by atoms with Gasteiger partial charge in [0.25, 0.3) is 0 Å². The molecule has 2 rings (SSSR count). The minimum Gasteiger partial charge on any atom is -0.497 e. The number of methoxy groups -OCH3 is 1. The van der Waals surface area contributed by atoms with Crippen molar-refractivity contribution in [2.24, 2.45) is 0 Å². The van der Waals surface area contributed by atoms with E-state index in [-0.39, 0.29) is 17.3 Å². The van der Waals surface area contributed by atoms with Crippen molar-refractivity contribution in [2.45, 2.75) is 37.8 Å². The lowest BCUT2D eigenvalue weighted by molar-refractivity contribution is -0.136. The van der Waals surface area contributed by atoms with Gasteiger partial charge in [0.2, 0.25) is 15.9 Å². The molecule has 0 heterocycles. The van der Waals surface area contributed by atoms with Crippen molar-refractivity contribution in [3.63, 3.8) is 0 Å². The molecule has 28 heavy (non-hydrogen) atoms. The second-order valence-corrected chi connectivity index (χ2v) is 9.62. The number of benzene rings is 2. The predicted octanol–water partition coefficient (Wildman–Crippen LogP) is 3.14. The van der Waals surface area contributed by atoms with E-state index in [1.54, 1.807) is 17.0 Å². The van der Waals surface area contributed by atoms with Crippen LogP contribution < -0.4 is 4.74 Å². The van der Waals surface area contributed by atoms with E-state index in [1.807, 2.05) is 51.1 Å². The largest absolute Gasteiger partial charge is 0.497 e. The van der Waals surface area contributed by atoms with Gasteiger partial charge in [-0.1, -0.05) is 30.3 Å². The molecule has 0 bridgehead atoms. The summed E-state index contributed by atoms with van der Waals surface area (Å²) in [7, 11) is -0.847. The summed E-state index contributed by atoms with van der Waals surface area (Å²) in [5, 5.41) is 0. The minimum absolute atomic E-state index is 0.119. The van der Waals surface area contributed by atoms with Crippen LogP contribution in [0.4, 0.5) is 0 Å². The van der Waals surface area contributed by atoms with Gasteiger partial charge in [0.15, 0.2) is 0 Å². The number of sulfonamides is 1. The number of hydrogen-bond donors (Lipinski definition) is 0. The van der Waals surface area contributed by atoms with E-state index in [1.165, 1.54) is 26.3 Å². The summed E-state index contributed by atoms with van der Waals surface area (Å²) in [6.07, 6.45) is 0. The van der Waals surface area contributed by atoms with Gasteiger partial charge in [-0.2, -0.15) is 4.31 Å². The van der Waals surface area contributed by atoms with Crippen molar-refractivity contribution in [3.8, 4) is 5.75 Å². The van der Waals surface area contributed by atoms with E-state index < -0.39 is 15.6 Å². The molecule has 0 spiro atoms. The molecule has 0 unspecified atom stereocenters. The summed E-state index contributed by atoms with van der Waals surface area (Å²) in [5.41, 5.74) is 0.545. The van der Waals surface area contributed by atoms with E-state index in [9.17, 15) is 13.2 Å². The molecular formula is C21H28N2O4S. The lowest BCUT2D eigenvalue weighted by Gasteiger charge is -2.36. The molecular weight excluding hydrogens is 376 g/mol. The highest BCUT2D eigenvalue weighted by Crippen LogP contribution is 2.21. The van der Waals surface area contributed by atoms with Crippen molar-refractivity contribution < 1.29 is 17.9 Å². The Labute approximate surface area is 167 Å². The van der Waals surface area contributed by atoms with Crippen molar-refractivity contribution in [1.29, 1.82) is 0 Å². The van der Waals surface area contributed by atoms with Gasteiger partial charge in [-0.05, 0) is 50.6 Å². The van der Waals surface area contributed by atoms with E-state index in [0.717, 1.165) is 9.87 Å². The van der Waals surface area contributed by atoms with E-state index in [0.29, 0.717) is 12.3 Å². The van der Waals surface area contributed by atoms with Crippen LogP contribution >= 0.6 is 0 Å². The Bertz CT molecular complexity index is 888. The van der Waals surface area contributed by atoms with Crippen LogP contribution in [0.2, 0.25) is 0 Å². The van der Waals surface area contributed by atoms with E-state index >= 15 is 0 Å². The fourth-order valence-electron chi connectivity index (χ4n) is 2.75. The van der Waals surface area contributed by atoms with E-state index in [4.69, 9.17) is 4.74 Å². The Kier molecular flexibility index (Phi) is 6.85. The van der Waals surface area contributed by atoms with Crippen LogP contribution in [0.5, 0.6) is 5.75 Å². The van der Waals surface area contributed by atoms with Gasteiger partial charge < -0.3 is 9.64 Å². The second kappa shape index (κ2) is 8.75. The third-order valence-electron chi connectivity index (χ3n) is 4.42. The zero-order chi connectivity index (χ0) is 20.9. The lowest BCUT2D eigenvalue weighted by Crippen LogP contribution is -2.49. The molecule has 0 N–H and O–H groups in total. The monoisotopic (exact) mass is 404 g/mol. The summed E-state index contributed by atoms with van der Waals surface area (Å²) < 4.78 is 31.8. The maximum atomic E-state index is 13.0. The summed E-state index contributed by atoms with van der Waals surface area (Å²) in [4.78, 5) is 14.8. The molecule has 0 atom stereocenters. The highest BCUT2D eigenvalue weighted by Gasteiger charge is 2.30. The van der Waals surface area contributed by atoms with Crippen molar-refractivity contribution in [1.82, 2.24) is 9.21 Å². The number of hydrogen-bond acceptors (Lipinski definition) is 4. The number of nitrogens with zero attached hydrogens (tertiary/aromatic N) is 2. The standard InChI is InChI=1S/C21H28N2O4S/c1-21(2,3)23(15-17-9-7-6-8-10-17)20(24)16-22(4)28(25,26)19-13-11-18(27-5)12-14-19/h6-14H,15-16H2,1-5H3. The summed E-state index contributed by atoms with van der Waals surface area (Å²) >= 11 is 0. The average Bonchev–Trinajstić information content (AvgIpc) is 2.65. The minimum atomic E-state index is -3.78. The van der Waals surface area contributed by atoms with Crippen molar-refractivity contribution >= 4 is 15.9 Å². The topological polar surface area (TPSA) is 66.9 Å². The smallest absolute Gasteiger partial charge is 0.243 e. The number of ether oxygens (including phenoxy) is 1. The Morgan fingerprint density at radius 3 is 2.07 bits per heavy atom. The fraction of sp³-hybridized carbons (Fsp3) is 0.381. The molecule has 2 aromatic rings. The fourth-order valence-corrected chi connectivity index (χ4v) is 3.87. The molecule has 0 aromatic heterocycles. The predicted molar refractivity (Wildman–Crippen MR) is 110 cm³/mol. The Hall–Kier alpha value is -2.38. The molecule has 2 aromatic carbocycles. The highest BCUT2D eigenvalue weighted by atomic mass is 32.2. The number of rotatable bonds is 7. The molecule has 1 amide bonds. The molecule has 0 fully saturated rings. The average molecular weight is 405 g/mol. The second-order valence-electron chi connectivity index (χ2n) is 7.57. The van der Waals surface area contributed by atoms with Crippen molar-refractivity contribution in [2.75, 3.05) is 20.7 Å². The molecule has 0 saturated carbocycles. The first-order valence-electron chi connectivity index (χ1n) is 9.00. The zero-order valence-electron chi connectivity index (χ0n) is 17.0. The lowest BCUT2D eigenvalue weighted by atomic mass is 10.0. The van der Waals surface area contributed by atoms with Crippen LogP contribution in [0.15, 0.2) is 59.5 Å². The molecule has 0 aliphatic rings. The van der Waals surface area contributed by atoms with Crippen LogP contribution in [0.25, 0.3) is 0 Å². The third kappa shape index (κ3) is 5.33. The molecule has 0 aliphatic carbocycles. The first-order chi connectivity index (χ1) is 13.1. The SMILES string of the molecule is COc1ccc(S(=O)(=O)N(C)CC(=O)N(Cc2ccccc2)C(C)(C)C)cc1. The normalized spacial score (nSPS) is 12.1. The number of carbonyl (C=O) groups is 1. The highest BCUT2D eigenvalue weighted by molar-refractivity contribution is 7.89. The van der Waals surface area contributed by atoms with Gasteiger partial charge in [-0.3, -0.25) is 4.79 Å².